The summed E-state index contributed by atoms with van der Waals surface area (Å²) in [7, 11) is 1.79. The molecule has 3 heterocycles. The Balaban J connectivity index is 1.52. The van der Waals surface area contributed by atoms with E-state index >= 15 is 0 Å². The van der Waals surface area contributed by atoms with Gasteiger partial charge in [-0.25, -0.2) is 9.69 Å². The number of hydrogen-bond donors (Lipinski definition) is 1. The number of ether oxygens (including phenoxy) is 1. The van der Waals surface area contributed by atoms with E-state index < -0.39 is 6.03 Å². The SMILES string of the molecule is Cn1nc(C(C)(C)C)cc1N(C(N)=O)c1ccccc1OC1CCN(C(=O)c2ccncc2)CC1. The topological polar surface area (TPSA) is 107 Å². The Kier molecular flexibility index (Phi) is 6.77. The molecule has 3 aromatic rings. The number of nitrogens with zero attached hydrogens (tertiary/aromatic N) is 5. The third-order valence-corrected chi connectivity index (χ3v) is 6.13. The average Bonchev–Trinajstić information content (AvgIpc) is 3.22. The zero-order valence-corrected chi connectivity index (χ0v) is 20.6. The first-order chi connectivity index (χ1) is 16.6. The van der Waals surface area contributed by atoms with E-state index in [1.54, 1.807) is 36.3 Å². The molecule has 0 spiro atoms. The van der Waals surface area contributed by atoms with Crippen LogP contribution < -0.4 is 15.4 Å². The number of para-hydroxylation sites is 2. The van der Waals surface area contributed by atoms with Crippen molar-refractivity contribution in [2.45, 2.75) is 45.1 Å². The molecule has 2 N–H and O–H groups in total. The van der Waals surface area contributed by atoms with Gasteiger partial charge < -0.3 is 15.4 Å². The molecule has 2 aromatic heterocycles. The number of amides is 3. The van der Waals surface area contributed by atoms with Crippen LogP contribution in [0.2, 0.25) is 0 Å². The van der Waals surface area contributed by atoms with Crippen molar-refractivity contribution >= 4 is 23.4 Å². The maximum Gasteiger partial charge on any atom is 0.325 e. The van der Waals surface area contributed by atoms with Crippen molar-refractivity contribution in [2.24, 2.45) is 12.8 Å². The number of nitrogens with two attached hydrogens (primary N) is 1. The number of carbonyl (C=O) groups excluding carboxylic acids is 2. The standard InChI is InChI=1S/C26H32N6O3/c1-26(2,3)22-17-23(30(4)29-22)32(25(27)34)20-7-5-6-8-21(20)35-19-11-15-31(16-12-19)24(33)18-9-13-28-14-10-18/h5-10,13-14,17,19H,11-12,15-16H2,1-4H3,(H2,27,34). The van der Waals surface area contributed by atoms with E-state index in [1.165, 1.54) is 4.90 Å². The van der Waals surface area contributed by atoms with Gasteiger partial charge in [0.25, 0.3) is 5.91 Å². The van der Waals surface area contributed by atoms with Crippen LogP contribution in [0.1, 0.15) is 49.7 Å². The molecular weight excluding hydrogens is 444 g/mol. The first-order valence-electron chi connectivity index (χ1n) is 11.7. The minimum atomic E-state index is -0.623. The fourth-order valence-electron chi connectivity index (χ4n) is 4.16. The van der Waals surface area contributed by atoms with Gasteiger partial charge in [-0.1, -0.05) is 32.9 Å². The number of piperidine rings is 1. The highest BCUT2D eigenvalue weighted by Gasteiger charge is 2.29. The minimum absolute atomic E-state index is 0.00276. The van der Waals surface area contributed by atoms with E-state index in [0.717, 1.165) is 5.69 Å². The van der Waals surface area contributed by atoms with Crippen molar-refractivity contribution in [3.05, 3.63) is 66.1 Å². The lowest BCUT2D eigenvalue weighted by Crippen LogP contribution is -2.42. The van der Waals surface area contributed by atoms with E-state index in [4.69, 9.17) is 10.5 Å². The molecule has 0 atom stereocenters. The molecule has 0 unspecified atom stereocenters. The average molecular weight is 477 g/mol. The second-order valence-electron chi connectivity index (χ2n) is 9.75. The van der Waals surface area contributed by atoms with Crippen molar-refractivity contribution in [3.8, 4) is 5.75 Å². The number of pyridine rings is 1. The Hall–Kier alpha value is -3.88. The lowest BCUT2D eigenvalue weighted by molar-refractivity contribution is 0.0596. The molecule has 9 nitrogen and oxygen atoms in total. The maximum absolute atomic E-state index is 12.7. The van der Waals surface area contributed by atoms with Gasteiger partial charge in [0, 0.05) is 62.4 Å². The van der Waals surface area contributed by atoms with Crippen LogP contribution in [-0.2, 0) is 12.5 Å². The smallest absolute Gasteiger partial charge is 0.325 e. The van der Waals surface area contributed by atoms with Crippen LogP contribution in [0, 0.1) is 0 Å². The molecule has 4 rings (SSSR count). The highest BCUT2D eigenvalue weighted by molar-refractivity contribution is 5.99. The number of benzene rings is 1. The Morgan fingerprint density at radius 3 is 2.34 bits per heavy atom. The van der Waals surface area contributed by atoms with Gasteiger partial charge in [-0.05, 0) is 24.3 Å². The van der Waals surface area contributed by atoms with Crippen molar-refractivity contribution in [2.75, 3.05) is 18.0 Å². The summed E-state index contributed by atoms with van der Waals surface area (Å²) in [6.45, 7) is 7.37. The van der Waals surface area contributed by atoms with Gasteiger partial charge in [-0.2, -0.15) is 5.10 Å². The summed E-state index contributed by atoms with van der Waals surface area (Å²) >= 11 is 0. The monoisotopic (exact) mass is 476 g/mol. The lowest BCUT2D eigenvalue weighted by Gasteiger charge is -2.33. The quantitative estimate of drug-likeness (QED) is 0.599. The minimum Gasteiger partial charge on any atom is -0.488 e. The highest BCUT2D eigenvalue weighted by atomic mass is 16.5. The summed E-state index contributed by atoms with van der Waals surface area (Å²) in [5.41, 5.74) is 7.69. The molecule has 0 radical (unpaired) electrons. The molecule has 9 heteroatoms. The number of anilines is 2. The third-order valence-electron chi connectivity index (χ3n) is 6.13. The van der Waals surface area contributed by atoms with Crippen LogP contribution in [0.5, 0.6) is 5.75 Å². The molecule has 1 aliphatic rings. The normalized spacial score (nSPS) is 14.6. The number of likely N-dealkylation sites (tertiary alicyclic amines) is 1. The summed E-state index contributed by atoms with van der Waals surface area (Å²) < 4.78 is 8.02. The van der Waals surface area contributed by atoms with Gasteiger partial charge in [0.05, 0.1) is 11.4 Å². The highest BCUT2D eigenvalue weighted by Crippen LogP contribution is 2.36. The van der Waals surface area contributed by atoms with E-state index in [-0.39, 0.29) is 17.4 Å². The molecular formula is C26H32N6O3. The number of rotatable bonds is 5. The molecule has 1 aromatic carbocycles. The summed E-state index contributed by atoms with van der Waals surface area (Å²) in [5, 5.41) is 4.59. The zero-order valence-electron chi connectivity index (χ0n) is 20.6. The van der Waals surface area contributed by atoms with E-state index in [0.29, 0.717) is 48.7 Å². The van der Waals surface area contributed by atoms with Crippen LogP contribution in [-0.4, -0.2) is 50.8 Å². The number of urea groups is 1. The molecule has 3 amide bonds. The van der Waals surface area contributed by atoms with E-state index in [1.807, 2.05) is 35.2 Å². The van der Waals surface area contributed by atoms with Gasteiger partial charge in [0.2, 0.25) is 0 Å². The number of aryl methyl sites for hydroxylation is 1. The van der Waals surface area contributed by atoms with Crippen LogP contribution in [0.3, 0.4) is 0 Å². The molecule has 184 valence electrons. The fraction of sp³-hybridized carbons (Fsp3) is 0.385. The van der Waals surface area contributed by atoms with Gasteiger partial charge in [0.1, 0.15) is 17.7 Å². The second-order valence-corrected chi connectivity index (χ2v) is 9.75. The van der Waals surface area contributed by atoms with Gasteiger partial charge in [-0.3, -0.25) is 14.5 Å². The number of aromatic nitrogens is 3. The zero-order chi connectivity index (χ0) is 25.2. The van der Waals surface area contributed by atoms with Crippen LogP contribution in [0.15, 0.2) is 54.9 Å². The summed E-state index contributed by atoms with van der Waals surface area (Å²) in [6, 6.07) is 12.1. The van der Waals surface area contributed by atoms with E-state index in [9.17, 15) is 9.59 Å². The first kappa shape index (κ1) is 24.3. The Morgan fingerprint density at radius 1 is 1.09 bits per heavy atom. The number of carbonyl (C=O) groups is 2. The Labute approximate surface area is 205 Å². The van der Waals surface area contributed by atoms with Gasteiger partial charge in [0.15, 0.2) is 0 Å². The Bertz CT molecular complexity index is 1190. The second kappa shape index (κ2) is 9.77. The van der Waals surface area contributed by atoms with Crippen molar-refractivity contribution < 1.29 is 14.3 Å². The number of primary amides is 1. The van der Waals surface area contributed by atoms with Crippen LogP contribution >= 0.6 is 0 Å². The summed E-state index contributed by atoms with van der Waals surface area (Å²) in [6.07, 6.45) is 4.52. The van der Waals surface area contributed by atoms with Gasteiger partial charge >= 0.3 is 6.03 Å². The van der Waals surface area contributed by atoms with Gasteiger partial charge in [-0.15, -0.1) is 0 Å². The molecule has 0 saturated carbocycles. The lowest BCUT2D eigenvalue weighted by atomic mass is 9.92. The molecule has 0 aliphatic carbocycles. The molecule has 1 aliphatic heterocycles. The predicted octanol–water partition coefficient (Wildman–Crippen LogP) is 4.01. The summed E-state index contributed by atoms with van der Waals surface area (Å²) in [5.74, 6) is 1.12. The fourth-order valence-corrected chi connectivity index (χ4v) is 4.16. The largest absolute Gasteiger partial charge is 0.488 e. The van der Waals surface area contributed by atoms with Crippen LogP contribution in [0.25, 0.3) is 0 Å². The van der Waals surface area contributed by atoms with Crippen molar-refractivity contribution in [1.82, 2.24) is 19.7 Å². The van der Waals surface area contributed by atoms with Crippen molar-refractivity contribution in [3.63, 3.8) is 0 Å². The Morgan fingerprint density at radius 2 is 1.74 bits per heavy atom. The first-order valence-corrected chi connectivity index (χ1v) is 11.7. The van der Waals surface area contributed by atoms with Crippen LogP contribution in [0.4, 0.5) is 16.3 Å². The molecule has 35 heavy (non-hydrogen) atoms. The molecule has 1 saturated heterocycles. The van der Waals surface area contributed by atoms with E-state index in [2.05, 4.69) is 30.9 Å². The molecule has 0 bridgehead atoms. The maximum atomic E-state index is 12.7. The third kappa shape index (κ3) is 5.29. The predicted molar refractivity (Wildman–Crippen MR) is 134 cm³/mol. The van der Waals surface area contributed by atoms with Crippen molar-refractivity contribution in [1.29, 1.82) is 0 Å². The molecule has 1 fully saturated rings. The number of hydrogen-bond acceptors (Lipinski definition) is 5. The summed E-state index contributed by atoms with van der Waals surface area (Å²) in [4.78, 5) is 32.6.